The molecular formula is C11H21N2. The molecule has 1 radical (unpaired) electrons. The average molecular weight is 181 g/mol. The van der Waals surface area contributed by atoms with Crippen LogP contribution in [-0.4, -0.2) is 30.1 Å². The van der Waals surface area contributed by atoms with E-state index in [0.717, 1.165) is 0 Å². The first-order valence-electron chi connectivity index (χ1n) is 5.77. The molecule has 1 saturated carbocycles. The summed E-state index contributed by atoms with van der Waals surface area (Å²) in [5, 5.41) is 0. The third-order valence-corrected chi connectivity index (χ3v) is 3.89. The highest BCUT2D eigenvalue weighted by atomic mass is 15.2. The molecule has 0 spiro atoms. The van der Waals surface area contributed by atoms with Gasteiger partial charge < -0.3 is 0 Å². The number of likely N-dealkylation sites (tertiary alicyclic amines) is 1. The van der Waals surface area contributed by atoms with Gasteiger partial charge in [0.25, 0.3) is 0 Å². The Morgan fingerprint density at radius 3 is 2.08 bits per heavy atom. The molecule has 0 atom stereocenters. The minimum atomic E-state index is 0.306. The lowest BCUT2D eigenvalue weighted by Crippen LogP contribution is -2.52. The summed E-state index contributed by atoms with van der Waals surface area (Å²) < 4.78 is 0. The Labute approximate surface area is 81.5 Å². The lowest BCUT2D eigenvalue weighted by molar-refractivity contribution is 0.0761. The number of piperidine rings is 1. The standard InChI is InChI=1S/C11H21N2/c12-10-11(6-2-3-7-11)13-8-4-1-5-9-13/h12H,1-10H2. The first kappa shape index (κ1) is 9.47. The molecule has 1 saturated heterocycles. The maximum absolute atomic E-state index is 7.74. The van der Waals surface area contributed by atoms with Crippen LogP contribution in [0.25, 0.3) is 0 Å². The summed E-state index contributed by atoms with van der Waals surface area (Å²) in [4.78, 5) is 2.62. The summed E-state index contributed by atoms with van der Waals surface area (Å²) in [5.41, 5.74) is 8.05. The van der Waals surface area contributed by atoms with Crippen molar-refractivity contribution < 1.29 is 0 Å². The Morgan fingerprint density at radius 2 is 1.54 bits per heavy atom. The van der Waals surface area contributed by atoms with Crippen LogP contribution < -0.4 is 5.73 Å². The number of nitrogens with zero attached hydrogens (tertiary/aromatic N) is 1. The minimum Gasteiger partial charge on any atom is -0.296 e. The van der Waals surface area contributed by atoms with Crippen LogP contribution in [0.5, 0.6) is 0 Å². The second-order valence-corrected chi connectivity index (χ2v) is 4.66. The van der Waals surface area contributed by atoms with Crippen molar-refractivity contribution in [2.45, 2.75) is 50.5 Å². The molecule has 0 bridgehead atoms. The lowest BCUT2D eigenvalue weighted by Gasteiger charge is -2.42. The molecule has 2 aliphatic rings. The Hall–Kier alpha value is -0.0800. The predicted octanol–water partition coefficient (Wildman–Crippen LogP) is 2.07. The molecule has 0 aromatic heterocycles. The van der Waals surface area contributed by atoms with Gasteiger partial charge in [0.15, 0.2) is 0 Å². The smallest absolute Gasteiger partial charge is 0.0347 e. The van der Waals surface area contributed by atoms with E-state index in [4.69, 9.17) is 5.73 Å². The summed E-state index contributed by atoms with van der Waals surface area (Å²) in [5.74, 6) is 0. The second kappa shape index (κ2) is 3.97. The van der Waals surface area contributed by atoms with Crippen molar-refractivity contribution >= 4 is 0 Å². The quantitative estimate of drug-likeness (QED) is 0.640. The molecule has 13 heavy (non-hydrogen) atoms. The van der Waals surface area contributed by atoms with E-state index in [1.54, 1.807) is 0 Å². The summed E-state index contributed by atoms with van der Waals surface area (Å²) in [7, 11) is 0. The molecule has 0 unspecified atom stereocenters. The molecule has 1 heterocycles. The van der Waals surface area contributed by atoms with Crippen LogP contribution in [0.2, 0.25) is 0 Å². The maximum Gasteiger partial charge on any atom is 0.0347 e. The Balaban J connectivity index is 2.01. The van der Waals surface area contributed by atoms with Crippen LogP contribution in [0.3, 0.4) is 0 Å². The molecule has 1 aliphatic heterocycles. The van der Waals surface area contributed by atoms with Gasteiger partial charge in [-0.05, 0) is 38.8 Å². The molecule has 2 nitrogen and oxygen atoms in total. The van der Waals surface area contributed by atoms with Gasteiger partial charge in [0, 0.05) is 12.1 Å². The monoisotopic (exact) mass is 181 g/mol. The van der Waals surface area contributed by atoms with Crippen molar-refractivity contribution in [3.8, 4) is 0 Å². The second-order valence-electron chi connectivity index (χ2n) is 4.66. The number of hydrogen-bond donors (Lipinski definition) is 0. The van der Waals surface area contributed by atoms with E-state index in [-0.39, 0.29) is 0 Å². The van der Waals surface area contributed by atoms with Crippen LogP contribution in [0.1, 0.15) is 44.9 Å². The molecule has 2 rings (SSSR count). The molecule has 2 heteroatoms. The number of nitrogens with one attached hydrogen (secondary N) is 1. The van der Waals surface area contributed by atoms with Gasteiger partial charge in [-0.15, -0.1) is 0 Å². The summed E-state index contributed by atoms with van der Waals surface area (Å²) in [6.45, 7) is 3.16. The number of hydrogen-bond acceptors (Lipinski definition) is 1. The van der Waals surface area contributed by atoms with Crippen molar-refractivity contribution in [3.63, 3.8) is 0 Å². The van der Waals surface area contributed by atoms with Gasteiger partial charge in [-0.2, -0.15) is 0 Å². The Bertz CT molecular complexity index is 155. The van der Waals surface area contributed by atoms with Gasteiger partial charge in [0.2, 0.25) is 0 Å². The zero-order valence-electron chi connectivity index (χ0n) is 8.52. The fraction of sp³-hybridized carbons (Fsp3) is 1.00. The highest BCUT2D eigenvalue weighted by molar-refractivity contribution is 4.96. The summed E-state index contributed by atoms with van der Waals surface area (Å²) in [6.07, 6.45) is 9.42. The zero-order chi connectivity index (χ0) is 9.15. The van der Waals surface area contributed by atoms with Crippen molar-refractivity contribution in [2.24, 2.45) is 0 Å². The number of rotatable bonds is 2. The van der Waals surface area contributed by atoms with Crippen LogP contribution >= 0.6 is 0 Å². The van der Waals surface area contributed by atoms with Crippen molar-refractivity contribution in [2.75, 3.05) is 19.6 Å². The highest BCUT2D eigenvalue weighted by Gasteiger charge is 2.38. The van der Waals surface area contributed by atoms with Crippen molar-refractivity contribution in [1.82, 2.24) is 10.6 Å². The predicted molar refractivity (Wildman–Crippen MR) is 54.6 cm³/mol. The van der Waals surface area contributed by atoms with Crippen molar-refractivity contribution in [1.29, 1.82) is 0 Å². The van der Waals surface area contributed by atoms with E-state index in [1.807, 2.05) is 0 Å². The SMILES string of the molecule is [NH]CC1(N2CCCCC2)CCCC1. The highest BCUT2D eigenvalue weighted by Crippen LogP contribution is 2.36. The third kappa shape index (κ3) is 1.75. The molecule has 1 N–H and O–H groups in total. The first-order valence-corrected chi connectivity index (χ1v) is 5.77. The van der Waals surface area contributed by atoms with Crippen LogP contribution in [0, 0.1) is 0 Å². The molecular weight excluding hydrogens is 160 g/mol. The van der Waals surface area contributed by atoms with Gasteiger partial charge in [0.1, 0.15) is 0 Å². The molecule has 0 amide bonds. The molecule has 0 aromatic carbocycles. The fourth-order valence-corrected chi connectivity index (χ4v) is 3.01. The maximum atomic E-state index is 7.74. The normalized spacial score (nSPS) is 29.3. The molecule has 75 valence electrons. The van der Waals surface area contributed by atoms with Gasteiger partial charge >= 0.3 is 0 Å². The first-order chi connectivity index (χ1) is 6.37. The van der Waals surface area contributed by atoms with Gasteiger partial charge in [-0.3, -0.25) is 10.6 Å². The van der Waals surface area contributed by atoms with Crippen LogP contribution in [0.15, 0.2) is 0 Å². The van der Waals surface area contributed by atoms with E-state index in [9.17, 15) is 0 Å². The average Bonchev–Trinajstić information content (AvgIpc) is 2.69. The van der Waals surface area contributed by atoms with E-state index in [0.29, 0.717) is 12.1 Å². The molecule has 0 aromatic rings. The molecule has 1 aliphatic carbocycles. The van der Waals surface area contributed by atoms with E-state index < -0.39 is 0 Å². The summed E-state index contributed by atoms with van der Waals surface area (Å²) >= 11 is 0. The van der Waals surface area contributed by atoms with Gasteiger partial charge in [-0.1, -0.05) is 19.3 Å². The van der Waals surface area contributed by atoms with Crippen LogP contribution in [-0.2, 0) is 0 Å². The summed E-state index contributed by atoms with van der Waals surface area (Å²) in [6, 6.07) is 0. The topological polar surface area (TPSA) is 27.0 Å². The lowest BCUT2D eigenvalue weighted by atomic mass is 9.92. The van der Waals surface area contributed by atoms with Gasteiger partial charge in [0.05, 0.1) is 0 Å². The van der Waals surface area contributed by atoms with E-state index in [1.165, 1.54) is 58.0 Å². The van der Waals surface area contributed by atoms with Gasteiger partial charge in [-0.25, -0.2) is 0 Å². The minimum absolute atomic E-state index is 0.306. The Kier molecular flexibility index (Phi) is 2.89. The van der Waals surface area contributed by atoms with Crippen LogP contribution in [0.4, 0.5) is 0 Å². The van der Waals surface area contributed by atoms with Crippen molar-refractivity contribution in [3.05, 3.63) is 0 Å². The van der Waals surface area contributed by atoms with E-state index in [2.05, 4.69) is 4.90 Å². The zero-order valence-corrected chi connectivity index (χ0v) is 8.52. The fourth-order valence-electron chi connectivity index (χ4n) is 3.01. The van der Waals surface area contributed by atoms with E-state index >= 15 is 0 Å². The third-order valence-electron chi connectivity index (χ3n) is 3.89. The molecule has 2 fully saturated rings. The Morgan fingerprint density at radius 1 is 0.923 bits per heavy atom. The largest absolute Gasteiger partial charge is 0.296 e.